The Hall–Kier alpha value is -4.80. The zero-order valence-corrected chi connectivity index (χ0v) is 17.3. The molecule has 0 fully saturated rings. The van der Waals surface area contributed by atoms with Crippen LogP contribution in [0.2, 0.25) is 0 Å². The van der Waals surface area contributed by atoms with Gasteiger partial charge in [-0.25, -0.2) is 5.43 Å². The second-order valence-electron chi connectivity index (χ2n) is 6.61. The average molecular weight is 450 g/mol. The maximum Gasteiger partial charge on any atom is 0.315 e. The van der Waals surface area contributed by atoms with Gasteiger partial charge in [-0.2, -0.15) is 5.10 Å². The van der Waals surface area contributed by atoms with Crippen molar-refractivity contribution in [1.29, 1.82) is 0 Å². The van der Waals surface area contributed by atoms with E-state index in [4.69, 9.17) is 9.47 Å². The van der Waals surface area contributed by atoms with Gasteiger partial charge in [0.2, 0.25) is 5.75 Å². The Bertz CT molecular complexity index is 1200. The molecule has 11 heteroatoms. The lowest BCUT2D eigenvalue weighted by Gasteiger charge is -2.12. The summed E-state index contributed by atoms with van der Waals surface area (Å²) in [5.74, 6) is -0.507. The van der Waals surface area contributed by atoms with E-state index in [-0.39, 0.29) is 40.6 Å². The highest BCUT2D eigenvalue weighted by molar-refractivity contribution is 5.95. The lowest BCUT2D eigenvalue weighted by Crippen LogP contribution is -2.17. The first-order valence-corrected chi connectivity index (χ1v) is 9.50. The zero-order chi connectivity index (χ0) is 23.8. The third-order valence-electron chi connectivity index (χ3n) is 4.42. The molecule has 0 bridgehead atoms. The molecule has 0 saturated carbocycles. The number of non-ortho nitro benzene ring substituents is 1. The first-order valence-electron chi connectivity index (χ1n) is 9.50. The van der Waals surface area contributed by atoms with Crippen LogP contribution in [0, 0.1) is 20.2 Å². The van der Waals surface area contributed by atoms with Crippen LogP contribution >= 0.6 is 0 Å². The number of ether oxygens (including phenoxy) is 2. The molecule has 1 N–H and O–H groups in total. The third kappa shape index (κ3) is 5.88. The summed E-state index contributed by atoms with van der Waals surface area (Å²) < 4.78 is 10.9. The van der Waals surface area contributed by atoms with Gasteiger partial charge >= 0.3 is 5.69 Å². The number of amides is 1. The number of hydrogen-bond donors (Lipinski definition) is 1. The number of hydrazone groups is 1. The molecule has 0 aliphatic carbocycles. The highest BCUT2D eigenvalue weighted by Gasteiger charge is 2.22. The topological polar surface area (TPSA) is 146 Å². The van der Waals surface area contributed by atoms with Gasteiger partial charge in [-0.3, -0.25) is 25.0 Å². The Morgan fingerprint density at radius 1 is 1.03 bits per heavy atom. The molecule has 0 radical (unpaired) electrons. The van der Waals surface area contributed by atoms with Gasteiger partial charge in [0.15, 0.2) is 5.75 Å². The van der Waals surface area contributed by atoms with Gasteiger partial charge in [-0.15, -0.1) is 0 Å². The van der Waals surface area contributed by atoms with Crippen LogP contribution in [-0.4, -0.2) is 29.1 Å². The summed E-state index contributed by atoms with van der Waals surface area (Å²) >= 11 is 0. The maximum absolute atomic E-state index is 12.1. The van der Waals surface area contributed by atoms with E-state index in [0.29, 0.717) is 0 Å². The Kier molecular flexibility index (Phi) is 7.27. The van der Waals surface area contributed by atoms with Crippen molar-refractivity contribution in [2.45, 2.75) is 6.61 Å². The van der Waals surface area contributed by atoms with Crippen LogP contribution in [0.15, 0.2) is 71.8 Å². The molecule has 0 aliphatic heterocycles. The fourth-order valence-corrected chi connectivity index (χ4v) is 2.81. The summed E-state index contributed by atoms with van der Waals surface area (Å²) in [6.45, 7) is 0.108. The quantitative estimate of drug-likeness (QED) is 0.296. The highest BCUT2D eigenvalue weighted by atomic mass is 16.6. The van der Waals surface area contributed by atoms with Crippen LogP contribution < -0.4 is 14.9 Å². The minimum absolute atomic E-state index is 0.0292. The van der Waals surface area contributed by atoms with E-state index in [1.807, 2.05) is 30.3 Å². The summed E-state index contributed by atoms with van der Waals surface area (Å²) in [5.41, 5.74) is 3.06. The molecule has 0 aromatic heterocycles. The van der Waals surface area contributed by atoms with Crippen LogP contribution in [0.3, 0.4) is 0 Å². The maximum atomic E-state index is 12.1. The summed E-state index contributed by atoms with van der Waals surface area (Å²) in [4.78, 5) is 33.3. The lowest BCUT2D eigenvalue weighted by atomic mass is 10.1. The molecule has 0 atom stereocenters. The molecule has 33 heavy (non-hydrogen) atoms. The first kappa shape index (κ1) is 22.9. The SMILES string of the molecule is COc1cc(/C=N/NC(=O)c2ccc([N+](=O)[O-])cc2)cc([N+](=O)[O-])c1OCc1ccccc1. The number of hydrogen-bond acceptors (Lipinski definition) is 8. The Morgan fingerprint density at radius 2 is 1.73 bits per heavy atom. The number of nitro groups is 2. The van der Waals surface area contributed by atoms with Crippen LogP contribution in [0.5, 0.6) is 11.5 Å². The number of carbonyl (C=O) groups is 1. The van der Waals surface area contributed by atoms with Crippen molar-refractivity contribution >= 4 is 23.5 Å². The van der Waals surface area contributed by atoms with Gasteiger partial charge in [0.25, 0.3) is 11.6 Å². The molecular weight excluding hydrogens is 432 g/mol. The van der Waals surface area contributed by atoms with Gasteiger partial charge in [0.05, 0.1) is 23.2 Å². The number of nitro benzene ring substituents is 2. The van der Waals surface area contributed by atoms with Crippen molar-refractivity contribution in [2.24, 2.45) is 5.10 Å². The molecule has 11 nitrogen and oxygen atoms in total. The van der Waals surface area contributed by atoms with E-state index in [1.54, 1.807) is 0 Å². The van der Waals surface area contributed by atoms with E-state index in [9.17, 15) is 25.0 Å². The molecular formula is C22H18N4O7. The minimum Gasteiger partial charge on any atom is -0.493 e. The van der Waals surface area contributed by atoms with Crippen molar-refractivity contribution in [1.82, 2.24) is 5.43 Å². The van der Waals surface area contributed by atoms with Crippen molar-refractivity contribution in [3.8, 4) is 11.5 Å². The predicted octanol–water partition coefficient (Wildman–Crippen LogP) is 3.85. The van der Waals surface area contributed by atoms with Crippen LogP contribution in [0.1, 0.15) is 21.5 Å². The molecule has 1 amide bonds. The van der Waals surface area contributed by atoms with E-state index in [1.165, 1.54) is 49.7 Å². The minimum atomic E-state index is -0.606. The normalized spacial score (nSPS) is 10.6. The molecule has 3 aromatic rings. The van der Waals surface area contributed by atoms with Gasteiger partial charge < -0.3 is 9.47 Å². The average Bonchev–Trinajstić information content (AvgIpc) is 2.83. The van der Waals surface area contributed by atoms with Crippen LogP contribution in [-0.2, 0) is 6.61 Å². The highest BCUT2D eigenvalue weighted by Crippen LogP contribution is 2.38. The number of methoxy groups -OCH3 is 1. The third-order valence-corrected chi connectivity index (χ3v) is 4.42. The number of nitrogens with one attached hydrogen (secondary N) is 1. The molecule has 3 aromatic carbocycles. The molecule has 0 heterocycles. The van der Waals surface area contributed by atoms with Crippen molar-refractivity contribution < 1.29 is 24.1 Å². The largest absolute Gasteiger partial charge is 0.493 e. The van der Waals surface area contributed by atoms with E-state index in [0.717, 1.165) is 5.56 Å². The molecule has 168 valence electrons. The van der Waals surface area contributed by atoms with Gasteiger partial charge in [0, 0.05) is 29.3 Å². The van der Waals surface area contributed by atoms with E-state index in [2.05, 4.69) is 10.5 Å². The number of carbonyl (C=O) groups excluding carboxylic acids is 1. The molecule has 3 rings (SSSR count). The van der Waals surface area contributed by atoms with Crippen LogP contribution in [0.25, 0.3) is 0 Å². The summed E-state index contributed by atoms with van der Waals surface area (Å²) in [6.07, 6.45) is 1.21. The van der Waals surface area contributed by atoms with Crippen molar-refractivity contribution in [3.63, 3.8) is 0 Å². The number of benzene rings is 3. The Balaban J connectivity index is 1.76. The standard InChI is InChI=1S/C22H18N4O7/c1-32-20-12-16(13-23-24-22(27)17-7-9-18(10-8-17)25(28)29)11-19(26(30)31)21(20)33-14-15-5-3-2-4-6-15/h2-13H,14H2,1H3,(H,24,27)/b23-13+. The second-order valence-corrected chi connectivity index (χ2v) is 6.61. The Morgan fingerprint density at radius 3 is 2.33 bits per heavy atom. The first-order chi connectivity index (χ1) is 15.9. The smallest absolute Gasteiger partial charge is 0.315 e. The monoisotopic (exact) mass is 450 g/mol. The fourth-order valence-electron chi connectivity index (χ4n) is 2.81. The van der Waals surface area contributed by atoms with E-state index >= 15 is 0 Å². The number of nitrogens with zero attached hydrogens (tertiary/aromatic N) is 3. The van der Waals surface area contributed by atoms with Crippen LogP contribution in [0.4, 0.5) is 11.4 Å². The summed E-state index contributed by atoms with van der Waals surface area (Å²) in [5, 5.41) is 26.1. The number of rotatable bonds is 9. The molecule has 0 unspecified atom stereocenters. The molecule has 0 saturated heterocycles. The van der Waals surface area contributed by atoms with Gasteiger partial charge in [-0.1, -0.05) is 30.3 Å². The van der Waals surface area contributed by atoms with Crippen molar-refractivity contribution in [3.05, 3.63) is 104 Å². The fraction of sp³-hybridized carbons (Fsp3) is 0.0909. The lowest BCUT2D eigenvalue weighted by molar-refractivity contribution is -0.386. The van der Waals surface area contributed by atoms with E-state index < -0.39 is 15.8 Å². The summed E-state index contributed by atoms with van der Waals surface area (Å²) in [7, 11) is 1.35. The predicted molar refractivity (Wildman–Crippen MR) is 119 cm³/mol. The van der Waals surface area contributed by atoms with Gasteiger partial charge in [0.1, 0.15) is 6.61 Å². The van der Waals surface area contributed by atoms with Crippen molar-refractivity contribution in [2.75, 3.05) is 7.11 Å². The molecule has 0 aliphatic rings. The second kappa shape index (κ2) is 10.5. The zero-order valence-electron chi connectivity index (χ0n) is 17.3. The Labute approximate surface area is 187 Å². The molecule has 0 spiro atoms. The van der Waals surface area contributed by atoms with Gasteiger partial charge in [-0.05, 0) is 23.8 Å². The summed E-state index contributed by atoms with van der Waals surface area (Å²) in [6, 6.07) is 16.8.